The third-order valence-electron chi connectivity index (χ3n) is 3.95. The van der Waals surface area contributed by atoms with Gasteiger partial charge in [-0.3, -0.25) is 14.8 Å². The zero-order valence-corrected chi connectivity index (χ0v) is 12.1. The molecule has 0 spiro atoms. The van der Waals surface area contributed by atoms with E-state index in [2.05, 4.69) is 10.4 Å². The molecule has 0 amide bonds. The maximum absolute atomic E-state index is 11.4. The summed E-state index contributed by atoms with van der Waals surface area (Å²) in [4.78, 5) is 11.0. The Morgan fingerprint density at radius 1 is 1.30 bits per heavy atom. The maximum Gasteiger partial charge on any atom is 0.293 e. The van der Waals surface area contributed by atoms with Gasteiger partial charge in [-0.1, -0.05) is 18.2 Å². The highest BCUT2D eigenvalue weighted by Gasteiger charge is 2.28. The summed E-state index contributed by atoms with van der Waals surface area (Å²) in [5.41, 5.74) is 9.28. The molecule has 3 aromatic rings. The number of hydrogen-bond donors (Lipinski definition) is 2. The summed E-state index contributed by atoms with van der Waals surface area (Å²) < 4.78 is 1.80. The third kappa shape index (κ3) is 1.87. The molecule has 2 aromatic carbocycles. The smallest absolute Gasteiger partial charge is 0.293 e. The van der Waals surface area contributed by atoms with Gasteiger partial charge in [-0.25, -0.2) is 0 Å². The summed E-state index contributed by atoms with van der Waals surface area (Å²) in [6.07, 6.45) is 3.25. The number of fused-ring (bicyclic) bond motifs is 2. The van der Waals surface area contributed by atoms with E-state index in [9.17, 15) is 10.1 Å². The molecule has 0 radical (unpaired) electrons. The molecule has 0 bridgehead atoms. The molecule has 0 unspecified atom stereocenters. The van der Waals surface area contributed by atoms with Crippen molar-refractivity contribution in [3.05, 3.63) is 58.8 Å². The van der Waals surface area contributed by atoms with Gasteiger partial charge < -0.3 is 11.1 Å². The van der Waals surface area contributed by atoms with E-state index in [-0.39, 0.29) is 10.6 Å². The molecule has 0 saturated heterocycles. The van der Waals surface area contributed by atoms with Crippen LogP contribution >= 0.6 is 0 Å². The number of aromatic nitrogens is 2. The Hall–Kier alpha value is -3.35. The number of nitrogens with two attached hydrogens (primary N) is 1. The van der Waals surface area contributed by atoms with E-state index in [0.29, 0.717) is 12.2 Å². The Morgan fingerprint density at radius 2 is 2.13 bits per heavy atom. The summed E-state index contributed by atoms with van der Waals surface area (Å²) in [5, 5.41) is 20.0. The zero-order chi connectivity index (χ0) is 16.0. The standard InChI is InChI=1S/C16H13N5O2/c17-8-3-9-20-12-6-7-13(21(22)23)16-14(12)15(19-20)10-4-1-2-5-11(10)18-16/h1-8,18H,9,17H2. The lowest BCUT2D eigenvalue weighted by Crippen LogP contribution is -2.03. The summed E-state index contributed by atoms with van der Waals surface area (Å²) in [5.74, 6) is 0. The Bertz CT molecular complexity index is 974. The van der Waals surface area contributed by atoms with Crippen molar-refractivity contribution in [3.8, 4) is 11.3 Å². The molecule has 7 heteroatoms. The first kappa shape index (κ1) is 13.3. The summed E-state index contributed by atoms with van der Waals surface area (Å²) >= 11 is 0. The molecule has 4 rings (SSSR count). The van der Waals surface area contributed by atoms with Crippen LogP contribution in [0.25, 0.3) is 22.2 Å². The van der Waals surface area contributed by atoms with E-state index in [1.165, 1.54) is 12.3 Å². The Labute approximate surface area is 131 Å². The topological polar surface area (TPSA) is 99.0 Å². The maximum atomic E-state index is 11.4. The number of allylic oxidation sites excluding steroid dienone is 1. The molecule has 7 nitrogen and oxygen atoms in total. The van der Waals surface area contributed by atoms with Crippen LogP contribution < -0.4 is 11.1 Å². The highest BCUT2D eigenvalue weighted by molar-refractivity contribution is 6.11. The van der Waals surface area contributed by atoms with Crippen molar-refractivity contribution >= 4 is 28.0 Å². The fraction of sp³-hybridized carbons (Fsp3) is 0.0625. The Balaban J connectivity index is 2.08. The fourth-order valence-electron chi connectivity index (χ4n) is 2.96. The average molecular weight is 307 g/mol. The van der Waals surface area contributed by atoms with E-state index < -0.39 is 0 Å². The number of para-hydroxylation sites is 1. The summed E-state index contributed by atoms with van der Waals surface area (Å²) in [7, 11) is 0. The molecular weight excluding hydrogens is 294 g/mol. The van der Waals surface area contributed by atoms with Crippen LogP contribution in [0.5, 0.6) is 0 Å². The van der Waals surface area contributed by atoms with Gasteiger partial charge in [0.2, 0.25) is 0 Å². The van der Waals surface area contributed by atoms with Gasteiger partial charge >= 0.3 is 0 Å². The SMILES string of the molecule is NC=CCn1nc2c3c(c([N+](=O)[O-])ccc31)Nc1ccccc1-2. The highest BCUT2D eigenvalue weighted by Crippen LogP contribution is 2.46. The molecule has 0 fully saturated rings. The van der Waals surface area contributed by atoms with Crippen molar-refractivity contribution in [1.29, 1.82) is 0 Å². The molecule has 1 aromatic heterocycles. The molecule has 3 N–H and O–H groups in total. The molecule has 114 valence electrons. The van der Waals surface area contributed by atoms with Gasteiger partial charge in [-0.05, 0) is 24.4 Å². The number of nitrogens with zero attached hydrogens (tertiary/aromatic N) is 3. The van der Waals surface area contributed by atoms with Gasteiger partial charge in [0.05, 0.1) is 22.4 Å². The zero-order valence-electron chi connectivity index (χ0n) is 12.1. The van der Waals surface area contributed by atoms with Crippen LogP contribution in [0.4, 0.5) is 17.1 Å². The number of hydrogen-bond acceptors (Lipinski definition) is 5. The largest absolute Gasteiger partial charge is 0.405 e. The molecule has 0 saturated carbocycles. The summed E-state index contributed by atoms with van der Waals surface area (Å²) in [6.45, 7) is 0.506. The van der Waals surface area contributed by atoms with E-state index in [4.69, 9.17) is 5.73 Å². The molecule has 1 aliphatic rings. The number of nitro benzene ring substituents is 1. The van der Waals surface area contributed by atoms with Crippen molar-refractivity contribution in [1.82, 2.24) is 9.78 Å². The lowest BCUT2D eigenvalue weighted by molar-refractivity contribution is -0.383. The van der Waals surface area contributed by atoms with Gasteiger partial charge in [0.1, 0.15) is 11.4 Å². The number of rotatable bonds is 3. The van der Waals surface area contributed by atoms with Crippen molar-refractivity contribution < 1.29 is 4.92 Å². The molecule has 1 aliphatic heterocycles. The lowest BCUT2D eigenvalue weighted by Gasteiger charge is -2.17. The molecule has 23 heavy (non-hydrogen) atoms. The van der Waals surface area contributed by atoms with Crippen LogP contribution in [-0.4, -0.2) is 14.7 Å². The normalized spacial score (nSPS) is 12.3. The van der Waals surface area contributed by atoms with Crippen molar-refractivity contribution in [2.24, 2.45) is 5.73 Å². The minimum absolute atomic E-state index is 0.0437. The number of nitro groups is 1. The molecule has 0 atom stereocenters. The van der Waals surface area contributed by atoms with Crippen molar-refractivity contribution in [3.63, 3.8) is 0 Å². The Morgan fingerprint density at radius 3 is 2.91 bits per heavy atom. The monoisotopic (exact) mass is 307 g/mol. The minimum atomic E-state index is -0.378. The predicted molar refractivity (Wildman–Crippen MR) is 88.4 cm³/mol. The van der Waals surface area contributed by atoms with Crippen molar-refractivity contribution in [2.45, 2.75) is 6.54 Å². The van der Waals surface area contributed by atoms with Crippen LogP contribution in [0.15, 0.2) is 48.7 Å². The van der Waals surface area contributed by atoms with Crippen LogP contribution in [0, 0.1) is 10.1 Å². The van der Waals surface area contributed by atoms with Crippen LogP contribution in [0.2, 0.25) is 0 Å². The van der Waals surface area contributed by atoms with Gasteiger partial charge in [-0.15, -0.1) is 0 Å². The third-order valence-corrected chi connectivity index (χ3v) is 3.95. The van der Waals surface area contributed by atoms with Crippen LogP contribution in [0.1, 0.15) is 0 Å². The number of nitrogens with one attached hydrogen (secondary N) is 1. The van der Waals surface area contributed by atoms with E-state index in [1.54, 1.807) is 16.8 Å². The molecule has 0 aliphatic carbocycles. The van der Waals surface area contributed by atoms with Gasteiger partial charge in [-0.2, -0.15) is 5.10 Å². The predicted octanol–water partition coefficient (Wildman–Crippen LogP) is 3.14. The van der Waals surface area contributed by atoms with Crippen LogP contribution in [0.3, 0.4) is 0 Å². The molecular formula is C16H13N5O2. The first-order valence-corrected chi connectivity index (χ1v) is 7.12. The minimum Gasteiger partial charge on any atom is -0.405 e. The number of anilines is 2. The number of benzene rings is 2. The highest BCUT2D eigenvalue weighted by atomic mass is 16.6. The first-order chi connectivity index (χ1) is 11.2. The second-order valence-corrected chi connectivity index (χ2v) is 5.24. The quantitative estimate of drug-likeness (QED) is 0.447. The van der Waals surface area contributed by atoms with Crippen molar-refractivity contribution in [2.75, 3.05) is 5.32 Å². The fourth-order valence-corrected chi connectivity index (χ4v) is 2.96. The van der Waals surface area contributed by atoms with E-state index in [1.807, 2.05) is 24.3 Å². The average Bonchev–Trinajstić information content (AvgIpc) is 2.93. The lowest BCUT2D eigenvalue weighted by atomic mass is 9.99. The Kier molecular flexibility index (Phi) is 2.80. The van der Waals surface area contributed by atoms with Crippen LogP contribution in [-0.2, 0) is 6.54 Å². The van der Waals surface area contributed by atoms with E-state index in [0.717, 1.165) is 27.8 Å². The van der Waals surface area contributed by atoms with Gasteiger partial charge in [0.15, 0.2) is 0 Å². The second kappa shape index (κ2) is 4.84. The first-order valence-electron chi connectivity index (χ1n) is 7.12. The second-order valence-electron chi connectivity index (χ2n) is 5.24. The molecule has 2 heterocycles. The van der Waals surface area contributed by atoms with E-state index >= 15 is 0 Å². The summed E-state index contributed by atoms with van der Waals surface area (Å²) in [6, 6.07) is 10.9. The van der Waals surface area contributed by atoms with Gasteiger partial charge in [0, 0.05) is 17.3 Å². The van der Waals surface area contributed by atoms with Gasteiger partial charge in [0.25, 0.3) is 5.69 Å².